The van der Waals surface area contributed by atoms with Crippen molar-refractivity contribution >= 4 is 22.6 Å². The Morgan fingerprint density at radius 2 is 2.00 bits per heavy atom. The highest BCUT2D eigenvalue weighted by Crippen LogP contribution is 2.07. The Kier molecular flexibility index (Phi) is 5.32. The van der Waals surface area contributed by atoms with Crippen LogP contribution in [0.3, 0.4) is 0 Å². The van der Waals surface area contributed by atoms with E-state index in [-0.39, 0.29) is 18.4 Å². The molecular formula is C7H18ClN3O2S. The average molecular weight is 244 g/mol. The summed E-state index contributed by atoms with van der Waals surface area (Å²) in [4.78, 5) is 0. The van der Waals surface area contributed by atoms with Crippen molar-refractivity contribution in [1.29, 1.82) is 0 Å². The minimum atomic E-state index is -3.21. The van der Waals surface area contributed by atoms with Crippen molar-refractivity contribution in [1.82, 2.24) is 13.9 Å². The lowest BCUT2D eigenvalue weighted by molar-refractivity contribution is 0.294. The molecule has 86 valence electrons. The molecule has 1 aliphatic heterocycles. The number of hydrogen-bond acceptors (Lipinski definition) is 3. The van der Waals surface area contributed by atoms with E-state index in [1.165, 1.54) is 8.61 Å². The Balaban J connectivity index is 0.00000169. The molecule has 0 aromatic heterocycles. The first-order valence-electron chi connectivity index (χ1n) is 4.35. The summed E-state index contributed by atoms with van der Waals surface area (Å²) in [5.41, 5.74) is 0. The minimum absolute atomic E-state index is 0. The van der Waals surface area contributed by atoms with Crippen molar-refractivity contribution in [3.8, 4) is 0 Å². The molecular weight excluding hydrogens is 226 g/mol. The van der Waals surface area contributed by atoms with E-state index in [1.807, 2.05) is 6.92 Å². The SMILES string of the molecule is C[C@@H]1CN(S(=O)(=O)N(C)C)CCN1.Cl. The van der Waals surface area contributed by atoms with Crippen LogP contribution in [0.4, 0.5) is 0 Å². The molecule has 7 heteroatoms. The van der Waals surface area contributed by atoms with Gasteiger partial charge >= 0.3 is 0 Å². The van der Waals surface area contributed by atoms with Gasteiger partial charge in [0.2, 0.25) is 0 Å². The second-order valence-corrected chi connectivity index (χ2v) is 5.65. The molecule has 5 nitrogen and oxygen atoms in total. The van der Waals surface area contributed by atoms with Crippen LogP contribution in [0.15, 0.2) is 0 Å². The van der Waals surface area contributed by atoms with Gasteiger partial charge in [-0.2, -0.15) is 17.0 Å². The van der Waals surface area contributed by atoms with Crippen LogP contribution < -0.4 is 5.32 Å². The fourth-order valence-corrected chi connectivity index (χ4v) is 2.53. The molecule has 0 bridgehead atoms. The van der Waals surface area contributed by atoms with Crippen LogP contribution in [0, 0.1) is 0 Å². The largest absolute Gasteiger partial charge is 0.312 e. The molecule has 0 saturated carbocycles. The third kappa shape index (κ3) is 3.06. The molecule has 0 unspecified atom stereocenters. The first-order chi connectivity index (χ1) is 5.94. The van der Waals surface area contributed by atoms with Gasteiger partial charge in [-0.25, -0.2) is 0 Å². The van der Waals surface area contributed by atoms with Crippen molar-refractivity contribution < 1.29 is 8.42 Å². The van der Waals surface area contributed by atoms with Gasteiger partial charge in [0.1, 0.15) is 0 Å². The maximum absolute atomic E-state index is 11.7. The topological polar surface area (TPSA) is 52.7 Å². The smallest absolute Gasteiger partial charge is 0.281 e. The zero-order chi connectivity index (χ0) is 10.1. The molecule has 0 aliphatic carbocycles. The van der Waals surface area contributed by atoms with Gasteiger partial charge in [0.25, 0.3) is 10.2 Å². The molecule has 1 rings (SSSR count). The lowest BCUT2D eigenvalue weighted by Crippen LogP contribution is -2.53. The summed E-state index contributed by atoms with van der Waals surface area (Å²) in [5, 5.41) is 3.20. The Hall–Kier alpha value is 0.120. The molecule has 1 aliphatic rings. The summed E-state index contributed by atoms with van der Waals surface area (Å²) in [6, 6.07) is 0.239. The van der Waals surface area contributed by atoms with Crippen LogP contribution in [-0.2, 0) is 10.2 Å². The second kappa shape index (κ2) is 5.27. The lowest BCUT2D eigenvalue weighted by Gasteiger charge is -2.32. The first-order valence-corrected chi connectivity index (χ1v) is 5.75. The zero-order valence-corrected chi connectivity index (χ0v) is 10.4. The van der Waals surface area contributed by atoms with Gasteiger partial charge in [-0.3, -0.25) is 0 Å². The van der Waals surface area contributed by atoms with Crippen molar-refractivity contribution in [2.24, 2.45) is 0 Å². The molecule has 0 spiro atoms. The predicted octanol–water partition coefficient (Wildman–Crippen LogP) is -0.492. The van der Waals surface area contributed by atoms with E-state index in [9.17, 15) is 8.42 Å². The maximum atomic E-state index is 11.7. The average Bonchev–Trinajstić information content (AvgIpc) is 2.04. The van der Waals surface area contributed by atoms with Crippen molar-refractivity contribution in [3.63, 3.8) is 0 Å². The second-order valence-electron chi connectivity index (χ2n) is 3.50. The van der Waals surface area contributed by atoms with E-state index in [0.717, 1.165) is 6.54 Å². The molecule has 0 amide bonds. The molecule has 14 heavy (non-hydrogen) atoms. The molecule has 1 saturated heterocycles. The first kappa shape index (κ1) is 14.1. The monoisotopic (exact) mass is 243 g/mol. The van der Waals surface area contributed by atoms with Crippen LogP contribution in [0.2, 0.25) is 0 Å². The highest BCUT2D eigenvalue weighted by molar-refractivity contribution is 7.86. The fraction of sp³-hybridized carbons (Fsp3) is 1.00. The minimum Gasteiger partial charge on any atom is -0.312 e. The zero-order valence-electron chi connectivity index (χ0n) is 8.73. The number of hydrogen-bond donors (Lipinski definition) is 1. The summed E-state index contributed by atoms with van der Waals surface area (Å²) in [7, 11) is -0.0911. The third-order valence-electron chi connectivity index (χ3n) is 2.12. The van der Waals surface area contributed by atoms with Gasteiger partial charge in [0.05, 0.1) is 0 Å². The van der Waals surface area contributed by atoms with E-state index >= 15 is 0 Å². The normalized spacial score (nSPS) is 24.7. The van der Waals surface area contributed by atoms with Crippen molar-refractivity contribution in [3.05, 3.63) is 0 Å². The Morgan fingerprint density at radius 3 is 2.43 bits per heavy atom. The number of halogens is 1. The molecule has 1 atom stereocenters. The number of nitrogens with zero attached hydrogens (tertiary/aromatic N) is 2. The van der Waals surface area contributed by atoms with E-state index in [1.54, 1.807) is 14.1 Å². The Morgan fingerprint density at radius 1 is 1.43 bits per heavy atom. The number of rotatable bonds is 2. The standard InChI is InChI=1S/C7H17N3O2S.ClH/c1-7-6-10(5-4-8-7)13(11,12)9(2)3;/h7-8H,4-6H2,1-3H3;1H/t7-;/m1./s1. The lowest BCUT2D eigenvalue weighted by atomic mass is 10.3. The van der Waals surface area contributed by atoms with Crippen LogP contribution in [0.5, 0.6) is 0 Å². The van der Waals surface area contributed by atoms with Gasteiger partial charge in [0, 0.05) is 39.8 Å². The summed E-state index contributed by atoms with van der Waals surface area (Å²) >= 11 is 0. The van der Waals surface area contributed by atoms with Crippen LogP contribution in [0.25, 0.3) is 0 Å². The Bertz CT molecular complexity index is 268. The summed E-state index contributed by atoms with van der Waals surface area (Å²) < 4.78 is 26.1. The van der Waals surface area contributed by atoms with Gasteiger partial charge in [-0.1, -0.05) is 0 Å². The van der Waals surface area contributed by atoms with E-state index in [2.05, 4.69) is 5.32 Å². The quantitative estimate of drug-likeness (QED) is 0.712. The van der Waals surface area contributed by atoms with Crippen molar-refractivity contribution in [2.75, 3.05) is 33.7 Å². The van der Waals surface area contributed by atoms with Crippen LogP contribution in [-0.4, -0.2) is 56.8 Å². The van der Waals surface area contributed by atoms with E-state index < -0.39 is 10.2 Å². The van der Waals surface area contributed by atoms with Gasteiger partial charge in [-0.15, -0.1) is 12.4 Å². The van der Waals surface area contributed by atoms with Gasteiger partial charge in [-0.05, 0) is 6.92 Å². The van der Waals surface area contributed by atoms with E-state index in [0.29, 0.717) is 13.1 Å². The predicted molar refractivity (Wildman–Crippen MR) is 58.9 cm³/mol. The number of piperazine rings is 1. The van der Waals surface area contributed by atoms with Crippen molar-refractivity contribution in [2.45, 2.75) is 13.0 Å². The fourth-order valence-electron chi connectivity index (χ4n) is 1.34. The van der Waals surface area contributed by atoms with Gasteiger partial charge in [0.15, 0.2) is 0 Å². The molecule has 0 aromatic rings. The number of nitrogens with one attached hydrogen (secondary N) is 1. The van der Waals surface area contributed by atoms with Crippen LogP contribution >= 0.6 is 12.4 Å². The molecule has 0 radical (unpaired) electrons. The summed E-state index contributed by atoms with van der Waals surface area (Å²) in [5.74, 6) is 0. The molecule has 1 heterocycles. The Labute approximate surface area is 92.0 Å². The maximum Gasteiger partial charge on any atom is 0.281 e. The molecule has 1 fully saturated rings. The molecule has 0 aromatic carbocycles. The summed E-state index contributed by atoms with van der Waals surface area (Å²) in [6.07, 6.45) is 0. The highest BCUT2D eigenvalue weighted by Gasteiger charge is 2.28. The van der Waals surface area contributed by atoms with Crippen LogP contribution in [0.1, 0.15) is 6.92 Å². The van der Waals surface area contributed by atoms with E-state index in [4.69, 9.17) is 0 Å². The summed E-state index contributed by atoms with van der Waals surface area (Å²) in [6.45, 7) is 3.83. The third-order valence-corrected chi connectivity index (χ3v) is 4.03. The van der Waals surface area contributed by atoms with Gasteiger partial charge < -0.3 is 5.32 Å². The highest BCUT2D eigenvalue weighted by atomic mass is 35.5. The molecule has 1 N–H and O–H groups in total.